The van der Waals surface area contributed by atoms with Crippen LogP contribution in [0.2, 0.25) is 0 Å². The molecule has 0 bridgehead atoms. The molecule has 8 heteroatoms. The standard InChI is InChI=1S/C24H8F4N4/c1-31-18(12-30)14-8-9-15(16(10-14)13-6-4-3-5-7-13)17(11-29)19-20(25)22(27)24(32-2)23(28)21(19)26/h3-10H/b17-15+,18-14+. The van der Waals surface area contributed by atoms with Gasteiger partial charge in [-0.15, -0.1) is 0 Å². The smallest absolute Gasteiger partial charge is 0.232 e. The Morgan fingerprint density at radius 2 is 1.44 bits per heavy atom. The monoisotopic (exact) mass is 428 g/mol. The molecule has 3 aromatic rings. The zero-order valence-corrected chi connectivity index (χ0v) is 15.9. The molecule has 0 saturated heterocycles. The van der Waals surface area contributed by atoms with Crippen molar-refractivity contribution < 1.29 is 17.6 Å². The lowest BCUT2D eigenvalue weighted by molar-refractivity contribution is 0.457. The third-order valence-electron chi connectivity index (χ3n) is 4.58. The van der Waals surface area contributed by atoms with Crippen molar-refractivity contribution in [3.8, 4) is 23.3 Å². The Hall–Kier alpha value is -4.92. The summed E-state index contributed by atoms with van der Waals surface area (Å²) in [7, 11) is 0. The molecule has 0 saturated carbocycles. The SMILES string of the molecule is [C-]#[N+]/C(C#N)=c1\cc/c(=C(/C#N)c2c(F)c(F)c([N+]#[C-])c(F)c2F)c(-c2ccccc2)c1. The molecule has 4 nitrogen and oxygen atoms in total. The second kappa shape index (κ2) is 8.84. The lowest BCUT2D eigenvalue weighted by atomic mass is 9.95. The molecular formula is C24H8F4N4. The summed E-state index contributed by atoms with van der Waals surface area (Å²) in [5, 5.41) is 19.0. The number of hydrogen-bond donors (Lipinski definition) is 0. The predicted molar refractivity (Wildman–Crippen MR) is 107 cm³/mol. The maximum atomic E-state index is 14.7. The molecule has 0 aliphatic rings. The first kappa shape index (κ1) is 21.8. The molecule has 0 aromatic heterocycles. The fourth-order valence-electron chi connectivity index (χ4n) is 3.11. The van der Waals surface area contributed by atoms with Gasteiger partial charge in [-0.25, -0.2) is 32.5 Å². The van der Waals surface area contributed by atoms with Crippen molar-refractivity contribution >= 4 is 17.0 Å². The minimum atomic E-state index is -1.91. The summed E-state index contributed by atoms with van der Waals surface area (Å²) >= 11 is 0. The van der Waals surface area contributed by atoms with Gasteiger partial charge in [0.2, 0.25) is 0 Å². The molecule has 0 heterocycles. The molecule has 0 radical (unpaired) electrons. The summed E-state index contributed by atoms with van der Waals surface area (Å²) in [6.45, 7) is 13.9. The van der Waals surface area contributed by atoms with Gasteiger partial charge in [-0.2, -0.15) is 5.26 Å². The molecule has 32 heavy (non-hydrogen) atoms. The third-order valence-corrected chi connectivity index (χ3v) is 4.58. The van der Waals surface area contributed by atoms with Crippen LogP contribution in [-0.4, -0.2) is 0 Å². The summed E-state index contributed by atoms with van der Waals surface area (Å²) in [6, 6.07) is 15.4. The number of hydrogen-bond acceptors (Lipinski definition) is 2. The molecule has 0 fully saturated rings. The zero-order chi connectivity index (χ0) is 23.4. The first-order valence-electron chi connectivity index (χ1n) is 8.75. The predicted octanol–water partition coefficient (Wildman–Crippen LogP) is 4.73. The average molecular weight is 428 g/mol. The van der Waals surface area contributed by atoms with Gasteiger partial charge in [-0.1, -0.05) is 48.5 Å². The van der Waals surface area contributed by atoms with Gasteiger partial charge in [0.05, 0.1) is 30.4 Å². The first-order chi connectivity index (χ1) is 15.4. The Balaban J connectivity index is 2.60. The van der Waals surface area contributed by atoms with E-state index in [0.717, 1.165) is 0 Å². The third kappa shape index (κ3) is 3.54. The number of rotatable bonds is 2. The van der Waals surface area contributed by atoms with E-state index in [9.17, 15) is 22.8 Å². The second-order valence-electron chi connectivity index (χ2n) is 6.28. The van der Waals surface area contributed by atoms with Crippen LogP contribution in [0.25, 0.3) is 32.1 Å². The van der Waals surface area contributed by atoms with Gasteiger partial charge in [0.1, 0.15) is 6.07 Å². The lowest BCUT2D eigenvalue weighted by Gasteiger charge is -2.10. The normalized spacial score (nSPS) is 12.0. The molecule has 0 unspecified atom stereocenters. The van der Waals surface area contributed by atoms with E-state index in [1.165, 1.54) is 18.2 Å². The van der Waals surface area contributed by atoms with Crippen molar-refractivity contribution in [3.63, 3.8) is 0 Å². The minimum absolute atomic E-state index is 0.0862. The van der Waals surface area contributed by atoms with Crippen LogP contribution in [0.1, 0.15) is 5.56 Å². The van der Waals surface area contributed by atoms with E-state index in [-0.39, 0.29) is 21.7 Å². The van der Waals surface area contributed by atoms with Crippen LogP contribution in [0.15, 0.2) is 48.5 Å². The number of nitrogens with zero attached hydrogens (tertiary/aromatic N) is 4. The topological polar surface area (TPSA) is 56.3 Å². The van der Waals surface area contributed by atoms with Gasteiger partial charge in [-0.3, -0.25) is 0 Å². The maximum absolute atomic E-state index is 14.7. The van der Waals surface area contributed by atoms with E-state index in [1.807, 2.05) is 0 Å². The highest BCUT2D eigenvalue weighted by atomic mass is 19.2. The fourth-order valence-corrected chi connectivity index (χ4v) is 3.11. The van der Waals surface area contributed by atoms with Crippen LogP contribution in [0.4, 0.5) is 23.2 Å². The molecule has 0 aliphatic carbocycles. The van der Waals surface area contributed by atoms with E-state index in [0.29, 0.717) is 5.56 Å². The average Bonchev–Trinajstić information content (AvgIpc) is 2.82. The van der Waals surface area contributed by atoms with Gasteiger partial charge >= 0.3 is 0 Å². The second-order valence-corrected chi connectivity index (χ2v) is 6.28. The van der Waals surface area contributed by atoms with E-state index in [4.69, 9.17) is 18.4 Å². The highest BCUT2D eigenvalue weighted by Gasteiger charge is 2.28. The van der Waals surface area contributed by atoms with Crippen LogP contribution in [0.5, 0.6) is 0 Å². The van der Waals surface area contributed by atoms with Crippen LogP contribution >= 0.6 is 0 Å². The summed E-state index contributed by atoms with van der Waals surface area (Å²) in [6.07, 6.45) is 0. The summed E-state index contributed by atoms with van der Waals surface area (Å²) < 4.78 is 57.8. The fraction of sp³-hybridized carbons (Fsp3) is 0. The molecule has 3 aromatic carbocycles. The van der Waals surface area contributed by atoms with Gasteiger partial charge in [0.15, 0.2) is 23.3 Å². The summed E-state index contributed by atoms with van der Waals surface area (Å²) in [5.41, 5.74) is -3.03. The number of halogens is 4. The van der Waals surface area contributed by atoms with Crippen LogP contribution in [0.3, 0.4) is 0 Å². The Morgan fingerprint density at radius 1 is 0.812 bits per heavy atom. The van der Waals surface area contributed by atoms with Crippen LogP contribution in [0, 0.1) is 59.1 Å². The Bertz CT molecular complexity index is 1500. The highest BCUT2D eigenvalue weighted by Crippen LogP contribution is 2.33. The molecule has 0 N–H and O–H groups in total. The van der Waals surface area contributed by atoms with Gasteiger partial charge < -0.3 is 0 Å². The van der Waals surface area contributed by atoms with E-state index in [1.54, 1.807) is 42.5 Å². The Labute approximate surface area is 179 Å². The van der Waals surface area contributed by atoms with Crippen molar-refractivity contribution in [2.75, 3.05) is 0 Å². The van der Waals surface area contributed by atoms with Crippen molar-refractivity contribution in [1.29, 1.82) is 10.5 Å². The first-order valence-corrected chi connectivity index (χ1v) is 8.75. The largest absolute Gasteiger partial charge is 0.268 e. The van der Waals surface area contributed by atoms with E-state index < -0.39 is 40.1 Å². The molecule has 152 valence electrons. The summed E-state index contributed by atoms with van der Waals surface area (Å²) in [5.74, 6) is -7.57. The molecule has 0 atom stereocenters. The number of benzene rings is 3. The molecular weight excluding hydrogens is 420 g/mol. The summed E-state index contributed by atoms with van der Waals surface area (Å²) in [4.78, 5) is 5.59. The van der Waals surface area contributed by atoms with Crippen LogP contribution < -0.4 is 10.4 Å². The van der Waals surface area contributed by atoms with Crippen molar-refractivity contribution in [1.82, 2.24) is 0 Å². The Kier molecular flexibility index (Phi) is 6.02. The van der Waals surface area contributed by atoms with Crippen molar-refractivity contribution in [2.24, 2.45) is 0 Å². The maximum Gasteiger partial charge on any atom is 0.268 e. The minimum Gasteiger partial charge on any atom is -0.232 e. The molecule has 0 spiro atoms. The van der Waals surface area contributed by atoms with Gasteiger partial charge in [0, 0.05) is 5.22 Å². The lowest BCUT2D eigenvalue weighted by Crippen LogP contribution is -2.18. The van der Waals surface area contributed by atoms with E-state index >= 15 is 0 Å². The van der Waals surface area contributed by atoms with Crippen LogP contribution in [-0.2, 0) is 0 Å². The van der Waals surface area contributed by atoms with Gasteiger partial charge in [0.25, 0.3) is 11.4 Å². The van der Waals surface area contributed by atoms with E-state index in [2.05, 4.69) is 9.69 Å². The van der Waals surface area contributed by atoms with Gasteiger partial charge in [-0.05, 0) is 16.3 Å². The highest BCUT2D eigenvalue weighted by molar-refractivity contribution is 5.83. The zero-order valence-electron chi connectivity index (χ0n) is 15.9. The molecule has 3 rings (SSSR count). The molecule has 0 amide bonds. The van der Waals surface area contributed by atoms with Crippen molar-refractivity contribution in [2.45, 2.75) is 0 Å². The quantitative estimate of drug-likeness (QED) is 0.337. The Morgan fingerprint density at radius 3 is 1.94 bits per heavy atom. The van der Waals surface area contributed by atoms with Crippen molar-refractivity contribution in [3.05, 3.63) is 111 Å². The molecule has 0 aliphatic heterocycles. The number of nitriles is 2.